The molecule has 1 aliphatic heterocycles. The van der Waals surface area contributed by atoms with Crippen molar-refractivity contribution in [1.29, 1.82) is 0 Å². The van der Waals surface area contributed by atoms with Gasteiger partial charge in [0.05, 0.1) is 12.6 Å². The first kappa shape index (κ1) is 13.8. The van der Waals surface area contributed by atoms with Crippen molar-refractivity contribution in [2.24, 2.45) is 0 Å². The zero-order valence-corrected chi connectivity index (χ0v) is 11.8. The molecule has 108 valence electrons. The van der Waals surface area contributed by atoms with E-state index in [4.69, 9.17) is 9.57 Å². The van der Waals surface area contributed by atoms with E-state index in [0.29, 0.717) is 12.1 Å². The zero-order chi connectivity index (χ0) is 14.7. The number of carbonyl (C=O) groups is 1. The molecule has 0 aromatic heterocycles. The van der Waals surface area contributed by atoms with E-state index in [9.17, 15) is 4.79 Å². The predicted molar refractivity (Wildman–Crippen MR) is 78.3 cm³/mol. The monoisotopic (exact) mass is 283 g/mol. The van der Waals surface area contributed by atoms with Crippen LogP contribution in [0.2, 0.25) is 0 Å². The van der Waals surface area contributed by atoms with Crippen LogP contribution in [-0.2, 0) is 9.57 Å². The SMILES string of the molecule is C[C@H]1CN(C(=O)c2ccccc2)O[C@H](c2ccccc2)O1. The lowest BCUT2D eigenvalue weighted by molar-refractivity contribution is -0.320. The van der Waals surface area contributed by atoms with Gasteiger partial charge in [-0.05, 0) is 19.1 Å². The minimum Gasteiger partial charge on any atom is -0.342 e. The number of amides is 1. The Morgan fingerprint density at radius 3 is 2.33 bits per heavy atom. The average Bonchev–Trinajstić information content (AvgIpc) is 2.55. The molecule has 0 spiro atoms. The Morgan fingerprint density at radius 1 is 1.05 bits per heavy atom. The van der Waals surface area contributed by atoms with E-state index in [1.54, 1.807) is 12.1 Å². The highest BCUT2D eigenvalue weighted by Crippen LogP contribution is 2.27. The van der Waals surface area contributed by atoms with Crippen molar-refractivity contribution < 1.29 is 14.4 Å². The summed E-state index contributed by atoms with van der Waals surface area (Å²) in [6.07, 6.45) is -0.640. The molecule has 2 aromatic rings. The molecule has 1 heterocycles. The molecule has 0 saturated carbocycles. The Kier molecular flexibility index (Phi) is 3.99. The number of hydrogen-bond donors (Lipinski definition) is 0. The molecule has 0 unspecified atom stereocenters. The summed E-state index contributed by atoms with van der Waals surface area (Å²) < 4.78 is 5.77. The lowest BCUT2D eigenvalue weighted by atomic mass is 10.2. The molecule has 4 nitrogen and oxygen atoms in total. The van der Waals surface area contributed by atoms with Crippen LogP contribution in [0.1, 0.15) is 29.1 Å². The van der Waals surface area contributed by atoms with E-state index < -0.39 is 6.29 Å². The van der Waals surface area contributed by atoms with Crippen LogP contribution in [0.15, 0.2) is 60.7 Å². The van der Waals surface area contributed by atoms with Gasteiger partial charge in [-0.2, -0.15) is 0 Å². The quantitative estimate of drug-likeness (QED) is 0.849. The van der Waals surface area contributed by atoms with E-state index in [1.807, 2.05) is 55.5 Å². The normalized spacial score (nSPS) is 22.0. The molecule has 0 radical (unpaired) electrons. The molecule has 1 aliphatic rings. The molecule has 2 aromatic carbocycles. The van der Waals surface area contributed by atoms with Crippen LogP contribution >= 0.6 is 0 Å². The topological polar surface area (TPSA) is 38.8 Å². The molecule has 3 rings (SSSR count). The van der Waals surface area contributed by atoms with Crippen LogP contribution in [-0.4, -0.2) is 23.6 Å². The van der Waals surface area contributed by atoms with Gasteiger partial charge in [0.2, 0.25) is 6.29 Å². The Bertz CT molecular complexity index is 600. The molecule has 1 saturated heterocycles. The highest BCUT2D eigenvalue weighted by atomic mass is 16.8. The molecular formula is C17H17NO3. The van der Waals surface area contributed by atoms with Crippen molar-refractivity contribution in [3.63, 3.8) is 0 Å². The Morgan fingerprint density at radius 2 is 1.67 bits per heavy atom. The maximum absolute atomic E-state index is 12.5. The fourth-order valence-electron chi connectivity index (χ4n) is 2.28. The minimum absolute atomic E-state index is 0.0865. The van der Waals surface area contributed by atoms with Gasteiger partial charge in [-0.3, -0.25) is 4.79 Å². The minimum atomic E-state index is -0.553. The fourth-order valence-corrected chi connectivity index (χ4v) is 2.28. The second-order valence-corrected chi connectivity index (χ2v) is 5.03. The van der Waals surface area contributed by atoms with Crippen molar-refractivity contribution in [1.82, 2.24) is 5.06 Å². The molecule has 21 heavy (non-hydrogen) atoms. The van der Waals surface area contributed by atoms with Gasteiger partial charge in [-0.15, -0.1) is 0 Å². The summed E-state index contributed by atoms with van der Waals surface area (Å²) in [6.45, 7) is 2.35. The van der Waals surface area contributed by atoms with Gasteiger partial charge < -0.3 is 4.74 Å². The smallest absolute Gasteiger partial charge is 0.277 e. The van der Waals surface area contributed by atoms with E-state index >= 15 is 0 Å². The summed E-state index contributed by atoms with van der Waals surface area (Å²) in [5.74, 6) is -0.147. The molecule has 4 heteroatoms. The summed E-state index contributed by atoms with van der Waals surface area (Å²) in [5.41, 5.74) is 1.51. The standard InChI is InChI=1S/C17H17NO3/c1-13-12-18(16(19)14-8-4-2-5-9-14)21-17(20-13)15-10-6-3-7-11-15/h2-11,13,17H,12H2,1H3/t13-,17+/m0/s1. The van der Waals surface area contributed by atoms with Crippen LogP contribution in [0.4, 0.5) is 0 Å². The molecule has 1 fully saturated rings. The maximum Gasteiger partial charge on any atom is 0.277 e. The largest absolute Gasteiger partial charge is 0.342 e. The van der Waals surface area contributed by atoms with Crippen molar-refractivity contribution >= 4 is 5.91 Å². The lowest BCUT2D eigenvalue weighted by Gasteiger charge is -2.36. The maximum atomic E-state index is 12.5. The molecular weight excluding hydrogens is 266 g/mol. The summed E-state index contributed by atoms with van der Waals surface area (Å²) in [5, 5.41) is 1.39. The Balaban J connectivity index is 1.79. The Hall–Kier alpha value is -2.17. The second kappa shape index (κ2) is 6.08. The van der Waals surface area contributed by atoms with Crippen molar-refractivity contribution in [2.75, 3.05) is 6.54 Å². The van der Waals surface area contributed by atoms with Crippen LogP contribution < -0.4 is 0 Å². The number of rotatable bonds is 2. The first-order valence-electron chi connectivity index (χ1n) is 6.98. The summed E-state index contributed by atoms with van der Waals surface area (Å²) >= 11 is 0. The highest BCUT2D eigenvalue weighted by molar-refractivity contribution is 5.93. The first-order chi connectivity index (χ1) is 10.2. The molecule has 0 N–H and O–H groups in total. The van der Waals surface area contributed by atoms with Gasteiger partial charge in [0.15, 0.2) is 0 Å². The molecule has 1 amide bonds. The molecule has 0 aliphatic carbocycles. The van der Waals surface area contributed by atoms with E-state index in [1.165, 1.54) is 5.06 Å². The number of carbonyl (C=O) groups excluding carboxylic acids is 1. The summed E-state index contributed by atoms with van der Waals surface area (Å²) in [7, 11) is 0. The van der Waals surface area contributed by atoms with Gasteiger partial charge in [0.1, 0.15) is 0 Å². The van der Waals surface area contributed by atoms with E-state index in [2.05, 4.69) is 0 Å². The van der Waals surface area contributed by atoms with Gasteiger partial charge in [-0.1, -0.05) is 48.5 Å². The van der Waals surface area contributed by atoms with Crippen LogP contribution in [0.5, 0.6) is 0 Å². The third-order valence-corrected chi connectivity index (χ3v) is 3.32. The first-order valence-corrected chi connectivity index (χ1v) is 6.98. The van der Waals surface area contributed by atoms with Crippen LogP contribution in [0, 0.1) is 0 Å². The van der Waals surface area contributed by atoms with Gasteiger partial charge in [-0.25, -0.2) is 9.90 Å². The number of hydrogen-bond acceptors (Lipinski definition) is 3. The van der Waals surface area contributed by atoms with Crippen LogP contribution in [0.25, 0.3) is 0 Å². The second-order valence-electron chi connectivity index (χ2n) is 5.03. The summed E-state index contributed by atoms with van der Waals surface area (Å²) in [6, 6.07) is 18.7. The molecule has 2 atom stereocenters. The number of nitrogens with zero attached hydrogens (tertiary/aromatic N) is 1. The third-order valence-electron chi connectivity index (χ3n) is 3.32. The highest BCUT2D eigenvalue weighted by Gasteiger charge is 2.31. The van der Waals surface area contributed by atoms with Gasteiger partial charge in [0, 0.05) is 11.1 Å². The van der Waals surface area contributed by atoms with Gasteiger partial charge >= 0.3 is 0 Å². The van der Waals surface area contributed by atoms with Crippen LogP contribution in [0.3, 0.4) is 0 Å². The fraction of sp³-hybridized carbons (Fsp3) is 0.235. The average molecular weight is 283 g/mol. The third kappa shape index (κ3) is 3.12. The van der Waals surface area contributed by atoms with Crippen molar-refractivity contribution in [3.05, 3.63) is 71.8 Å². The summed E-state index contributed by atoms with van der Waals surface area (Å²) in [4.78, 5) is 18.2. The predicted octanol–water partition coefficient (Wildman–Crippen LogP) is 3.18. The van der Waals surface area contributed by atoms with Crippen molar-refractivity contribution in [3.8, 4) is 0 Å². The van der Waals surface area contributed by atoms with E-state index in [0.717, 1.165) is 5.56 Å². The molecule has 0 bridgehead atoms. The zero-order valence-electron chi connectivity index (χ0n) is 11.8. The number of ether oxygens (including phenoxy) is 1. The van der Waals surface area contributed by atoms with Gasteiger partial charge in [0.25, 0.3) is 5.91 Å². The Labute approximate surface area is 123 Å². The lowest BCUT2D eigenvalue weighted by Crippen LogP contribution is -2.44. The number of benzene rings is 2. The number of hydroxylamine groups is 2. The van der Waals surface area contributed by atoms with Crippen molar-refractivity contribution in [2.45, 2.75) is 19.3 Å². The van der Waals surface area contributed by atoms with E-state index in [-0.39, 0.29) is 12.0 Å².